The van der Waals surface area contributed by atoms with Crippen LogP contribution in [0.3, 0.4) is 0 Å². The molecule has 7 nitrogen and oxygen atoms in total. The molecule has 0 heterocycles. The van der Waals surface area contributed by atoms with Gasteiger partial charge in [-0.15, -0.1) is 0 Å². The van der Waals surface area contributed by atoms with E-state index in [1.807, 2.05) is 82.3 Å². The molecule has 0 unspecified atom stereocenters. The topological polar surface area (TPSA) is 86.8 Å². The Balaban J connectivity index is 1.85. The molecule has 0 radical (unpaired) electrons. The maximum atomic E-state index is 14.7. The lowest BCUT2D eigenvalue weighted by molar-refractivity contribution is -0.140. The lowest BCUT2D eigenvalue weighted by atomic mass is 10.0. The summed E-state index contributed by atoms with van der Waals surface area (Å²) in [6, 6.07) is 27.6. The Morgan fingerprint density at radius 3 is 2.15 bits per heavy atom. The fraction of sp³-hybridized carbons (Fsp3) is 0.297. The van der Waals surface area contributed by atoms with Crippen LogP contribution in [0.4, 0.5) is 5.69 Å². The predicted octanol–water partition coefficient (Wildman–Crippen LogP) is 7.02. The van der Waals surface area contributed by atoms with E-state index in [1.54, 1.807) is 37.3 Å². The van der Waals surface area contributed by atoms with Gasteiger partial charge < -0.3 is 10.2 Å². The van der Waals surface area contributed by atoms with E-state index in [2.05, 4.69) is 5.32 Å². The highest BCUT2D eigenvalue weighted by Gasteiger charge is 2.35. The zero-order valence-electron chi connectivity index (χ0n) is 27.0. The van der Waals surface area contributed by atoms with Crippen molar-refractivity contribution in [3.8, 4) is 0 Å². The SMILES string of the molecule is CC[C@H](C)NC(=O)[C@@H](Cc1ccccc1)N(Cc1ccccc1C)C(=O)CN(c1cc(Cl)ccc1C)S(=O)(=O)c1ccc(C)cc1. The highest BCUT2D eigenvalue weighted by Crippen LogP contribution is 2.30. The summed E-state index contributed by atoms with van der Waals surface area (Å²) >= 11 is 6.38. The Morgan fingerprint density at radius 2 is 1.50 bits per heavy atom. The van der Waals surface area contributed by atoms with Crippen LogP contribution in [0.5, 0.6) is 0 Å². The van der Waals surface area contributed by atoms with Crippen LogP contribution >= 0.6 is 11.6 Å². The van der Waals surface area contributed by atoms with Crippen molar-refractivity contribution in [1.82, 2.24) is 10.2 Å². The molecule has 4 aromatic rings. The molecule has 46 heavy (non-hydrogen) atoms. The summed E-state index contributed by atoms with van der Waals surface area (Å²) in [6.07, 6.45) is 0.966. The van der Waals surface area contributed by atoms with E-state index in [1.165, 1.54) is 17.0 Å². The van der Waals surface area contributed by atoms with Gasteiger partial charge in [-0.2, -0.15) is 0 Å². The molecule has 9 heteroatoms. The Bertz CT molecular complexity index is 1760. The van der Waals surface area contributed by atoms with E-state index in [4.69, 9.17) is 11.6 Å². The molecule has 4 rings (SSSR count). The van der Waals surface area contributed by atoms with Crippen LogP contribution in [0.2, 0.25) is 5.02 Å². The zero-order chi connectivity index (χ0) is 33.4. The number of nitrogens with one attached hydrogen (secondary N) is 1. The maximum Gasteiger partial charge on any atom is 0.264 e. The fourth-order valence-electron chi connectivity index (χ4n) is 5.17. The fourth-order valence-corrected chi connectivity index (χ4v) is 6.80. The third-order valence-corrected chi connectivity index (χ3v) is 10.2. The first kappa shape index (κ1) is 34.7. The molecule has 242 valence electrons. The van der Waals surface area contributed by atoms with Gasteiger partial charge in [0.2, 0.25) is 11.8 Å². The number of hydrogen-bond donors (Lipinski definition) is 1. The molecule has 1 N–H and O–H groups in total. The van der Waals surface area contributed by atoms with Crippen LogP contribution in [0.1, 0.15) is 48.1 Å². The summed E-state index contributed by atoms with van der Waals surface area (Å²) in [6.45, 7) is 9.08. The number of amides is 2. The summed E-state index contributed by atoms with van der Waals surface area (Å²) in [5, 5.41) is 3.40. The molecular weight excluding hydrogens is 618 g/mol. The van der Waals surface area contributed by atoms with Gasteiger partial charge in [-0.25, -0.2) is 8.42 Å². The van der Waals surface area contributed by atoms with Gasteiger partial charge in [0.05, 0.1) is 10.6 Å². The zero-order valence-corrected chi connectivity index (χ0v) is 28.6. The molecule has 0 aromatic heterocycles. The van der Waals surface area contributed by atoms with Gasteiger partial charge in [0, 0.05) is 24.0 Å². The largest absolute Gasteiger partial charge is 0.352 e. The molecule has 2 amide bonds. The van der Waals surface area contributed by atoms with E-state index in [0.29, 0.717) is 22.7 Å². The van der Waals surface area contributed by atoms with Crippen LogP contribution in [0.25, 0.3) is 0 Å². The van der Waals surface area contributed by atoms with E-state index in [9.17, 15) is 18.0 Å². The smallest absolute Gasteiger partial charge is 0.264 e. The number of anilines is 1. The third-order valence-electron chi connectivity index (χ3n) is 8.20. The first-order valence-electron chi connectivity index (χ1n) is 15.4. The van der Waals surface area contributed by atoms with Crippen molar-refractivity contribution in [2.45, 2.75) is 71.0 Å². The normalized spacial score (nSPS) is 12.7. The van der Waals surface area contributed by atoms with E-state index in [0.717, 1.165) is 26.6 Å². The average Bonchev–Trinajstić information content (AvgIpc) is 3.04. The third kappa shape index (κ3) is 8.56. The lowest BCUT2D eigenvalue weighted by Crippen LogP contribution is -2.54. The number of hydrogen-bond acceptors (Lipinski definition) is 4. The van der Waals surface area contributed by atoms with Crippen LogP contribution in [0.15, 0.2) is 102 Å². The van der Waals surface area contributed by atoms with Crippen molar-refractivity contribution in [2.75, 3.05) is 10.8 Å². The van der Waals surface area contributed by atoms with Crippen molar-refractivity contribution < 1.29 is 18.0 Å². The quantitative estimate of drug-likeness (QED) is 0.167. The Kier molecular flexibility index (Phi) is 11.7. The molecular formula is C37H42ClN3O4S. The minimum atomic E-state index is -4.22. The van der Waals surface area contributed by atoms with E-state index < -0.39 is 28.5 Å². The molecule has 0 aliphatic rings. The molecule has 0 saturated carbocycles. The van der Waals surface area contributed by atoms with Gasteiger partial charge in [-0.05, 0) is 80.6 Å². The summed E-state index contributed by atoms with van der Waals surface area (Å²) in [4.78, 5) is 30.2. The first-order valence-corrected chi connectivity index (χ1v) is 17.3. The number of carbonyl (C=O) groups is 2. The average molecular weight is 660 g/mol. The highest BCUT2D eigenvalue weighted by molar-refractivity contribution is 7.92. The van der Waals surface area contributed by atoms with Crippen molar-refractivity contribution in [3.05, 3.63) is 130 Å². The molecule has 0 aliphatic heterocycles. The van der Waals surface area contributed by atoms with Crippen LogP contribution in [0, 0.1) is 20.8 Å². The minimum absolute atomic E-state index is 0.0473. The Hall–Kier alpha value is -4.14. The standard InChI is InChI=1S/C37H42ClN3O4S/c1-6-29(5)39-37(43)35(22-30-13-8-7-9-14-30)40(24-31-15-11-10-12-27(31)3)36(42)25-41(34-23-32(38)19-18-28(34)4)46(44,45)33-20-16-26(2)17-21-33/h7-21,23,29,35H,6,22,24-25H2,1-5H3,(H,39,43)/t29-,35+/m0/s1. The second-order valence-corrected chi connectivity index (χ2v) is 14.0. The molecule has 0 aliphatic carbocycles. The van der Waals surface area contributed by atoms with Crippen molar-refractivity contribution in [1.29, 1.82) is 0 Å². The lowest BCUT2D eigenvalue weighted by Gasteiger charge is -2.35. The molecule has 0 bridgehead atoms. The van der Waals surface area contributed by atoms with Crippen molar-refractivity contribution in [2.24, 2.45) is 0 Å². The second-order valence-electron chi connectivity index (χ2n) is 11.7. The van der Waals surface area contributed by atoms with Crippen LogP contribution in [-0.4, -0.2) is 43.8 Å². The number of halogens is 1. The van der Waals surface area contributed by atoms with Crippen LogP contribution < -0.4 is 9.62 Å². The first-order chi connectivity index (χ1) is 21.9. The predicted molar refractivity (Wildman–Crippen MR) is 185 cm³/mol. The molecule has 0 fully saturated rings. The number of nitrogens with zero attached hydrogens (tertiary/aromatic N) is 2. The number of aryl methyl sites for hydroxylation is 3. The summed E-state index contributed by atoms with van der Waals surface area (Å²) < 4.78 is 29.7. The van der Waals surface area contributed by atoms with Crippen molar-refractivity contribution in [3.63, 3.8) is 0 Å². The molecule has 0 saturated heterocycles. The van der Waals surface area contributed by atoms with Gasteiger partial charge in [-0.1, -0.05) is 96.9 Å². The Labute approximate surface area is 278 Å². The number of benzene rings is 4. The number of sulfonamides is 1. The van der Waals surface area contributed by atoms with Gasteiger partial charge >= 0.3 is 0 Å². The van der Waals surface area contributed by atoms with Gasteiger partial charge in [0.15, 0.2) is 0 Å². The molecule has 2 atom stereocenters. The molecule has 0 spiro atoms. The maximum absolute atomic E-state index is 14.7. The summed E-state index contributed by atoms with van der Waals surface area (Å²) in [7, 11) is -4.22. The van der Waals surface area contributed by atoms with E-state index >= 15 is 0 Å². The Morgan fingerprint density at radius 1 is 0.848 bits per heavy atom. The highest BCUT2D eigenvalue weighted by atomic mass is 35.5. The minimum Gasteiger partial charge on any atom is -0.352 e. The molecule has 4 aromatic carbocycles. The monoisotopic (exact) mass is 659 g/mol. The summed E-state index contributed by atoms with van der Waals surface area (Å²) in [5.41, 5.74) is 4.52. The van der Waals surface area contributed by atoms with Crippen LogP contribution in [-0.2, 0) is 32.6 Å². The second kappa shape index (κ2) is 15.4. The summed E-state index contributed by atoms with van der Waals surface area (Å²) in [5.74, 6) is -0.814. The van der Waals surface area contributed by atoms with Crippen molar-refractivity contribution >= 4 is 39.1 Å². The van der Waals surface area contributed by atoms with Gasteiger partial charge in [0.1, 0.15) is 12.6 Å². The van der Waals surface area contributed by atoms with Gasteiger partial charge in [0.25, 0.3) is 10.0 Å². The van der Waals surface area contributed by atoms with Gasteiger partial charge in [-0.3, -0.25) is 13.9 Å². The van der Waals surface area contributed by atoms with E-state index in [-0.39, 0.29) is 29.8 Å². The number of rotatable bonds is 13. The number of carbonyl (C=O) groups excluding carboxylic acids is 2.